The number of fused-ring (bicyclic) bond motifs is 3. The van der Waals surface area contributed by atoms with Crippen LogP contribution in [0.1, 0.15) is 36.8 Å². The molecule has 0 saturated carbocycles. The quantitative estimate of drug-likeness (QED) is 0.652. The van der Waals surface area contributed by atoms with Gasteiger partial charge in [-0.15, -0.1) is 0 Å². The largest absolute Gasteiger partial charge is 0.480 e. The number of ether oxygens (including phenoxy) is 1. The molecule has 2 aromatic rings. The summed E-state index contributed by atoms with van der Waals surface area (Å²) in [5.41, 5.74) is 3.20. The third-order valence-electron chi connectivity index (χ3n) is 6.85. The highest BCUT2D eigenvalue weighted by atomic mass is 16.5. The minimum absolute atomic E-state index is 0.0879. The standard InChI is InChI=1S/C26H31N3O5/c1-26(24(31)32)13-8-14-29(26)23(30)22(15-28(2)3)27-25(33)34-16-21-19-11-6-4-9-17(19)18-10-5-7-12-20(18)21/h4-7,9-12,21-22H,8,13-16H2,1-3H3,(H,27,33)(H,31,32)/t22?,26-/m1/s1. The second-order valence-corrected chi connectivity index (χ2v) is 9.46. The molecule has 4 rings (SSSR count). The zero-order valence-electron chi connectivity index (χ0n) is 19.8. The van der Waals surface area contributed by atoms with Crippen LogP contribution in [0.2, 0.25) is 0 Å². The summed E-state index contributed by atoms with van der Waals surface area (Å²) in [6.07, 6.45) is 0.292. The Bertz CT molecular complexity index is 1060. The molecule has 1 fully saturated rings. The van der Waals surface area contributed by atoms with Crippen molar-refractivity contribution in [3.63, 3.8) is 0 Å². The van der Waals surface area contributed by atoms with Crippen LogP contribution in [0.25, 0.3) is 11.1 Å². The van der Waals surface area contributed by atoms with Crippen molar-refractivity contribution in [2.75, 3.05) is 33.8 Å². The second kappa shape index (κ2) is 9.46. The molecule has 8 heteroatoms. The average molecular weight is 466 g/mol. The third-order valence-corrected chi connectivity index (χ3v) is 6.85. The minimum atomic E-state index is -1.27. The highest BCUT2D eigenvalue weighted by Gasteiger charge is 2.47. The van der Waals surface area contributed by atoms with Gasteiger partial charge in [-0.25, -0.2) is 9.59 Å². The molecule has 1 aliphatic heterocycles. The molecule has 8 nitrogen and oxygen atoms in total. The summed E-state index contributed by atoms with van der Waals surface area (Å²) >= 11 is 0. The van der Waals surface area contributed by atoms with Gasteiger partial charge in [-0.05, 0) is 56.1 Å². The molecule has 180 valence electrons. The Morgan fingerprint density at radius 3 is 2.26 bits per heavy atom. The molecule has 34 heavy (non-hydrogen) atoms. The van der Waals surface area contributed by atoms with Gasteiger partial charge in [0.05, 0.1) is 0 Å². The summed E-state index contributed by atoms with van der Waals surface area (Å²) < 4.78 is 5.61. The van der Waals surface area contributed by atoms with Crippen molar-refractivity contribution in [2.45, 2.75) is 37.3 Å². The Hall–Kier alpha value is -3.39. The number of likely N-dealkylation sites (tertiary alicyclic amines) is 1. The first-order chi connectivity index (χ1) is 16.2. The molecular weight excluding hydrogens is 434 g/mol. The van der Waals surface area contributed by atoms with Crippen LogP contribution < -0.4 is 5.32 Å². The molecule has 2 N–H and O–H groups in total. The number of likely N-dealkylation sites (N-methyl/N-ethyl adjacent to an activating group) is 1. The number of carbonyl (C=O) groups is 3. The highest BCUT2D eigenvalue weighted by Crippen LogP contribution is 2.44. The van der Waals surface area contributed by atoms with E-state index in [0.29, 0.717) is 19.4 Å². The van der Waals surface area contributed by atoms with E-state index in [9.17, 15) is 19.5 Å². The monoisotopic (exact) mass is 465 g/mol. The predicted octanol–water partition coefficient (Wildman–Crippen LogP) is 2.92. The maximum atomic E-state index is 13.3. The Kier molecular flexibility index (Phi) is 6.61. The van der Waals surface area contributed by atoms with Crippen LogP contribution in [0.4, 0.5) is 4.79 Å². The number of alkyl carbamates (subject to hydrolysis) is 1. The van der Waals surface area contributed by atoms with Crippen molar-refractivity contribution in [1.82, 2.24) is 15.1 Å². The fourth-order valence-corrected chi connectivity index (χ4v) is 5.06. The maximum absolute atomic E-state index is 13.3. The zero-order chi connectivity index (χ0) is 24.5. The topological polar surface area (TPSA) is 99.2 Å². The lowest BCUT2D eigenvalue weighted by atomic mass is 9.98. The summed E-state index contributed by atoms with van der Waals surface area (Å²) in [4.78, 5) is 41.1. The first-order valence-electron chi connectivity index (χ1n) is 11.5. The lowest BCUT2D eigenvalue weighted by molar-refractivity contribution is -0.156. The van der Waals surface area contributed by atoms with E-state index in [1.54, 1.807) is 25.9 Å². The number of rotatable bonds is 7. The number of benzene rings is 2. The van der Waals surface area contributed by atoms with E-state index in [2.05, 4.69) is 17.4 Å². The summed E-state index contributed by atoms with van der Waals surface area (Å²) in [5, 5.41) is 12.4. The van der Waals surface area contributed by atoms with Gasteiger partial charge in [-0.2, -0.15) is 0 Å². The van der Waals surface area contributed by atoms with Gasteiger partial charge in [0.1, 0.15) is 18.2 Å². The maximum Gasteiger partial charge on any atom is 0.407 e. The number of carboxylic acid groups (broad SMARTS) is 1. The van der Waals surface area contributed by atoms with Crippen LogP contribution in [-0.2, 0) is 14.3 Å². The number of hydrogen-bond donors (Lipinski definition) is 2. The molecule has 1 unspecified atom stereocenters. The van der Waals surface area contributed by atoms with Gasteiger partial charge in [-0.1, -0.05) is 48.5 Å². The van der Waals surface area contributed by atoms with Crippen molar-refractivity contribution in [2.24, 2.45) is 0 Å². The number of amides is 2. The summed E-state index contributed by atoms with van der Waals surface area (Å²) in [6, 6.07) is 15.2. The lowest BCUT2D eigenvalue weighted by Crippen LogP contribution is -2.59. The van der Waals surface area contributed by atoms with Gasteiger partial charge in [0.2, 0.25) is 5.91 Å². The predicted molar refractivity (Wildman–Crippen MR) is 128 cm³/mol. The first-order valence-corrected chi connectivity index (χ1v) is 11.5. The van der Waals surface area contributed by atoms with Gasteiger partial charge < -0.3 is 25.0 Å². The number of hydrogen-bond acceptors (Lipinski definition) is 5. The molecular formula is C26H31N3O5. The number of carboxylic acids is 1. The van der Waals surface area contributed by atoms with Gasteiger partial charge in [0.15, 0.2) is 0 Å². The third kappa shape index (κ3) is 4.37. The van der Waals surface area contributed by atoms with Crippen molar-refractivity contribution >= 4 is 18.0 Å². The summed E-state index contributed by atoms with van der Waals surface area (Å²) in [7, 11) is 3.58. The molecule has 0 bridgehead atoms. The van der Waals surface area contributed by atoms with E-state index in [-0.39, 0.29) is 19.1 Å². The Morgan fingerprint density at radius 1 is 1.12 bits per heavy atom. The molecule has 1 aliphatic carbocycles. The first kappa shape index (κ1) is 23.8. The van der Waals surface area contributed by atoms with E-state index in [1.165, 1.54) is 4.90 Å². The Labute approximate surface area is 199 Å². The summed E-state index contributed by atoms with van der Waals surface area (Å²) in [5.74, 6) is -1.54. The van der Waals surface area contributed by atoms with E-state index in [1.807, 2.05) is 36.4 Å². The number of aliphatic carboxylic acids is 1. The van der Waals surface area contributed by atoms with Crippen LogP contribution in [0.5, 0.6) is 0 Å². The Balaban J connectivity index is 1.46. The highest BCUT2D eigenvalue weighted by molar-refractivity contribution is 5.92. The van der Waals surface area contributed by atoms with Crippen molar-refractivity contribution < 1.29 is 24.2 Å². The molecule has 2 aromatic carbocycles. The van der Waals surface area contributed by atoms with Gasteiger partial charge in [-0.3, -0.25) is 4.79 Å². The Morgan fingerprint density at radius 2 is 1.71 bits per heavy atom. The van der Waals surface area contributed by atoms with Crippen molar-refractivity contribution in [3.05, 3.63) is 59.7 Å². The normalized spacial score (nSPS) is 20.1. The number of nitrogens with zero attached hydrogens (tertiary/aromatic N) is 2. The van der Waals surface area contributed by atoms with Gasteiger partial charge in [0.25, 0.3) is 0 Å². The SMILES string of the molecule is CN(C)CC(NC(=O)OCC1c2ccccc2-c2ccccc21)C(=O)N1CCC[C@]1(C)C(=O)O. The van der Waals surface area contributed by atoms with E-state index >= 15 is 0 Å². The fourth-order valence-electron chi connectivity index (χ4n) is 5.06. The van der Waals surface area contributed by atoms with E-state index in [0.717, 1.165) is 22.3 Å². The van der Waals surface area contributed by atoms with E-state index < -0.39 is 29.6 Å². The molecule has 1 saturated heterocycles. The van der Waals surface area contributed by atoms with Crippen LogP contribution in [0, 0.1) is 0 Å². The van der Waals surface area contributed by atoms with E-state index in [4.69, 9.17) is 4.74 Å². The fraction of sp³-hybridized carbons (Fsp3) is 0.423. The molecule has 2 amide bonds. The van der Waals surface area contributed by atoms with Crippen LogP contribution >= 0.6 is 0 Å². The number of nitrogens with one attached hydrogen (secondary N) is 1. The van der Waals surface area contributed by atoms with Gasteiger partial charge in [0, 0.05) is 19.0 Å². The molecule has 1 heterocycles. The second-order valence-electron chi connectivity index (χ2n) is 9.46. The van der Waals surface area contributed by atoms with Crippen molar-refractivity contribution in [1.29, 1.82) is 0 Å². The van der Waals surface area contributed by atoms with Crippen LogP contribution in [0.15, 0.2) is 48.5 Å². The van der Waals surface area contributed by atoms with Crippen LogP contribution in [0.3, 0.4) is 0 Å². The van der Waals surface area contributed by atoms with Gasteiger partial charge >= 0.3 is 12.1 Å². The zero-order valence-corrected chi connectivity index (χ0v) is 19.8. The molecule has 0 radical (unpaired) electrons. The molecule has 0 spiro atoms. The average Bonchev–Trinajstić information content (AvgIpc) is 3.35. The minimum Gasteiger partial charge on any atom is -0.480 e. The molecule has 0 aromatic heterocycles. The smallest absolute Gasteiger partial charge is 0.407 e. The number of carbonyl (C=O) groups excluding carboxylic acids is 2. The summed E-state index contributed by atoms with van der Waals surface area (Å²) in [6.45, 7) is 2.27. The molecule has 2 aliphatic rings. The molecule has 2 atom stereocenters. The lowest BCUT2D eigenvalue weighted by Gasteiger charge is -2.34. The van der Waals surface area contributed by atoms with Crippen molar-refractivity contribution in [3.8, 4) is 11.1 Å². The van der Waals surface area contributed by atoms with Crippen LogP contribution in [-0.4, -0.2) is 78.2 Å².